The average Bonchev–Trinajstić information content (AvgIpc) is 3.51. The van der Waals surface area contributed by atoms with Crippen molar-refractivity contribution in [2.45, 2.75) is 0 Å². The number of hydrogen-bond donors (Lipinski definition) is 2. The molecule has 4 aromatic carbocycles. The average molecular weight is 604 g/mol. The molecule has 178 valence electrons. The van der Waals surface area contributed by atoms with E-state index in [0.717, 1.165) is 65.3 Å². The van der Waals surface area contributed by atoms with Gasteiger partial charge in [0.15, 0.2) is 0 Å². The highest BCUT2D eigenvalue weighted by Gasteiger charge is 2.08. The van der Waals surface area contributed by atoms with Gasteiger partial charge in [-0.1, -0.05) is 56.1 Å². The maximum Gasteiger partial charge on any atom is 0.138 e. The Balaban J connectivity index is 1.08. The molecular formula is C28H20Br2N4O2. The second kappa shape index (κ2) is 9.79. The molecule has 0 saturated carbocycles. The van der Waals surface area contributed by atoms with Crippen LogP contribution in [0.3, 0.4) is 0 Å². The maximum absolute atomic E-state index is 5.92. The van der Waals surface area contributed by atoms with Crippen molar-refractivity contribution in [2.75, 3.05) is 13.2 Å². The van der Waals surface area contributed by atoms with Crippen LogP contribution >= 0.6 is 31.9 Å². The van der Waals surface area contributed by atoms with Gasteiger partial charge in [-0.15, -0.1) is 0 Å². The first-order valence-corrected chi connectivity index (χ1v) is 13.0. The first kappa shape index (κ1) is 22.8. The van der Waals surface area contributed by atoms with Crippen LogP contribution in [0, 0.1) is 0 Å². The zero-order valence-corrected chi connectivity index (χ0v) is 22.1. The van der Waals surface area contributed by atoms with Crippen LogP contribution in [-0.4, -0.2) is 33.1 Å². The minimum absolute atomic E-state index is 0.421. The second-order valence-corrected chi connectivity index (χ2v) is 10.1. The van der Waals surface area contributed by atoms with Crippen LogP contribution in [0.4, 0.5) is 0 Å². The molecule has 8 heteroatoms. The van der Waals surface area contributed by atoms with E-state index in [9.17, 15) is 0 Å². The van der Waals surface area contributed by atoms with Gasteiger partial charge in [-0.05, 0) is 48.5 Å². The Morgan fingerprint density at radius 3 is 1.39 bits per heavy atom. The number of hydrogen-bond acceptors (Lipinski definition) is 4. The lowest BCUT2D eigenvalue weighted by Crippen LogP contribution is -2.08. The molecule has 0 bridgehead atoms. The molecule has 36 heavy (non-hydrogen) atoms. The molecule has 6 nitrogen and oxygen atoms in total. The molecule has 0 aliphatic carbocycles. The first-order chi connectivity index (χ1) is 17.6. The lowest BCUT2D eigenvalue weighted by atomic mass is 10.2. The van der Waals surface area contributed by atoms with E-state index in [1.54, 1.807) is 0 Å². The molecule has 0 unspecified atom stereocenters. The van der Waals surface area contributed by atoms with Crippen molar-refractivity contribution in [3.63, 3.8) is 0 Å². The highest BCUT2D eigenvalue weighted by Crippen LogP contribution is 2.26. The Kier molecular flexibility index (Phi) is 6.21. The number of benzene rings is 4. The number of rotatable bonds is 7. The SMILES string of the molecule is Brc1ccc(-c2nc3ccc(OCCOc4ccc5nc(-c6ccc(Br)cc6)[nH]c5c4)cc3[nH]2)cc1. The second-order valence-electron chi connectivity index (χ2n) is 8.24. The predicted octanol–water partition coefficient (Wildman–Crippen LogP) is 7.76. The normalized spacial score (nSPS) is 11.3. The van der Waals surface area contributed by atoms with E-state index >= 15 is 0 Å². The van der Waals surface area contributed by atoms with E-state index in [1.165, 1.54) is 0 Å². The number of aromatic amines is 2. The van der Waals surface area contributed by atoms with Gasteiger partial charge in [0.2, 0.25) is 0 Å². The quantitative estimate of drug-likeness (QED) is 0.183. The summed E-state index contributed by atoms with van der Waals surface area (Å²) in [5, 5.41) is 0. The summed E-state index contributed by atoms with van der Waals surface area (Å²) in [6.45, 7) is 0.842. The summed E-state index contributed by atoms with van der Waals surface area (Å²) in [5.41, 5.74) is 5.71. The topological polar surface area (TPSA) is 75.8 Å². The summed E-state index contributed by atoms with van der Waals surface area (Å²) in [4.78, 5) is 16.1. The van der Waals surface area contributed by atoms with Crippen LogP contribution in [0.5, 0.6) is 11.5 Å². The summed E-state index contributed by atoms with van der Waals surface area (Å²) >= 11 is 6.93. The summed E-state index contributed by atoms with van der Waals surface area (Å²) in [6, 6.07) is 27.8. The molecule has 0 spiro atoms. The van der Waals surface area contributed by atoms with Gasteiger partial charge in [-0.2, -0.15) is 0 Å². The number of nitrogens with one attached hydrogen (secondary N) is 2. The number of nitrogens with zero attached hydrogens (tertiary/aromatic N) is 2. The number of ether oxygens (including phenoxy) is 2. The van der Waals surface area contributed by atoms with Crippen LogP contribution < -0.4 is 9.47 Å². The third-order valence-corrected chi connectivity index (χ3v) is 6.82. The van der Waals surface area contributed by atoms with E-state index in [2.05, 4.69) is 51.8 Å². The Hall–Kier alpha value is -3.62. The molecular weight excluding hydrogens is 584 g/mol. The van der Waals surface area contributed by atoms with Gasteiger partial charge in [0, 0.05) is 32.2 Å². The molecule has 0 saturated heterocycles. The van der Waals surface area contributed by atoms with Crippen LogP contribution in [0.2, 0.25) is 0 Å². The molecule has 0 amide bonds. The molecule has 2 heterocycles. The third-order valence-electron chi connectivity index (χ3n) is 5.76. The fourth-order valence-corrected chi connectivity index (χ4v) is 4.49. The Bertz CT molecular complexity index is 1530. The smallest absolute Gasteiger partial charge is 0.138 e. The van der Waals surface area contributed by atoms with Gasteiger partial charge in [0.1, 0.15) is 36.4 Å². The van der Waals surface area contributed by atoms with Gasteiger partial charge in [0.25, 0.3) is 0 Å². The van der Waals surface area contributed by atoms with Crippen LogP contribution in [0.25, 0.3) is 44.8 Å². The predicted molar refractivity (Wildman–Crippen MR) is 149 cm³/mol. The molecule has 0 atom stereocenters. The van der Waals surface area contributed by atoms with Gasteiger partial charge >= 0.3 is 0 Å². The van der Waals surface area contributed by atoms with Crippen LogP contribution in [-0.2, 0) is 0 Å². The standard InChI is InChI=1S/C28H20Br2N4O2/c29-19-5-1-17(2-6-19)27-31-23-11-9-21(15-25(23)33-27)35-13-14-36-22-10-12-24-26(16-22)34-28(32-24)18-3-7-20(30)8-4-18/h1-12,15-16H,13-14H2,(H,31,33)(H,32,34). The van der Waals surface area contributed by atoms with Gasteiger partial charge in [-0.25, -0.2) is 9.97 Å². The molecule has 2 aromatic heterocycles. The zero-order valence-electron chi connectivity index (χ0n) is 19.0. The van der Waals surface area contributed by atoms with Crippen molar-refractivity contribution in [3.05, 3.63) is 93.9 Å². The number of aromatic nitrogens is 4. The van der Waals surface area contributed by atoms with Gasteiger partial charge < -0.3 is 19.4 Å². The van der Waals surface area contributed by atoms with E-state index < -0.39 is 0 Å². The fraction of sp³-hybridized carbons (Fsp3) is 0.0714. The lowest BCUT2D eigenvalue weighted by molar-refractivity contribution is 0.217. The number of imidazole rings is 2. The number of fused-ring (bicyclic) bond motifs is 2. The van der Waals surface area contributed by atoms with Crippen molar-refractivity contribution in [3.8, 4) is 34.3 Å². The summed E-state index contributed by atoms with van der Waals surface area (Å²) in [6.07, 6.45) is 0. The number of H-pyrrole nitrogens is 2. The van der Waals surface area contributed by atoms with Crippen LogP contribution in [0.15, 0.2) is 93.9 Å². The molecule has 0 fully saturated rings. The van der Waals surface area contributed by atoms with E-state index in [0.29, 0.717) is 13.2 Å². The van der Waals surface area contributed by atoms with E-state index in [1.807, 2.05) is 84.9 Å². The highest BCUT2D eigenvalue weighted by molar-refractivity contribution is 9.10. The van der Waals surface area contributed by atoms with Crippen molar-refractivity contribution in [1.82, 2.24) is 19.9 Å². The summed E-state index contributed by atoms with van der Waals surface area (Å²) in [7, 11) is 0. The molecule has 0 aliphatic heterocycles. The molecule has 6 rings (SSSR count). The largest absolute Gasteiger partial charge is 0.490 e. The Morgan fingerprint density at radius 1 is 0.556 bits per heavy atom. The monoisotopic (exact) mass is 602 g/mol. The maximum atomic E-state index is 5.92. The highest BCUT2D eigenvalue weighted by atomic mass is 79.9. The number of halogens is 2. The van der Waals surface area contributed by atoms with Gasteiger partial charge in [-0.3, -0.25) is 0 Å². The van der Waals surface area contributed by atoms with Crippen LogP contribution in [0.1, 0.15) is 0 Å². The van der Waals surface area contributed by atoms with E-state index in [-0.39, 0.29) is 0 Å². The Morgan fingerprint density at radius 2 is 0.972 bits per heavy atom. The zero-order chi connectivity index (χ0) is 24.5. The Labute approximate surface area is 224 Å². The lowest BCUT2D eigenvalue weighted by Gasteiger charge is -2.08. The van der Waals surface area contributed by atoms with Crippen molar-refractivity contribution in [1.29, 1.82) is 0 Å². The van der Waals surface area contributed by atoms with E-state index in [4.69, 9.17) is 9.47 Å². The summed E-state index contributed by atoms with van der Waals surface area (Å²) in [5.74, 6) is 3.19. The molecule has 6 aromatic rings. The summed E-state index contributed by atoms with van der Waals surface area (Å²) < 4.78 is 13.9. The third kappa shape index (κ3) is 4.87. The minimum Gasteiger partial charge on any atom is -0.490 e. The first-order valence-electron chi connectivity index (χ1n) is 11.4. The molecule has 0 radical (unpaired) electrons. The van der Waals surface area contributed by atoms with Crippen molar-refractivity contribution in [2.24, 2.45) is 0 Å². The minimum atomic E-state index is 0.421. The molecule has 2 N–H and O–H groups in total. The van der Waals surface area contributed by atoms with Crippen molar-refractivity contribution >= 4 is 53.9 Å². The van der Waals surface area contributed by atoms with Gasteiger partial charge in [0.05, 0.1) is 22.1 Å². The molecule has 0 aliphatic rings. The van der Waals surface area contributed by atoms with Crippen molar-refractivity contribution < 1.29 is 9.47 Å². The fourth-order valence-electron chi connectivity index (χ4n) is 3.97.